The van der Waals surface area contributed by atoms with Gasteiger partial charge in [-0.1, -0.05) is 0 Å². The van der Waals surface area contributed by atoms with Crippen molar-refractivity contribution < 1.29 is 0 Å². The van der Waals surface area contributed by atoms with Gasteiger partial charge in [0, 0.05) is 24.2 Å². The van der Waals surface area contributed by atoms with Crippen LogP contribution in [0, 0.1) is 0 Å². The highest BCUT2D eigenvalue weighted by atomic mass is 35.5. The molecule has 1 atom stereocenters. The highest BCUT2D eigenvalue weighted by molar-refractivity contribution is 7.98. The average Bonchev–Trinajstić information content (AvgIpc) is 1.89. The van der Waals surface area contributed by atoms with Gasteiger partial charge in [-0.15, -0.1) is 11.6 Å². The van der Waals surface area contributed by atoms with E-state index in [2.05, 4.69) is 25.1 Å². The molecule has 0 aromatic rings. The van der Waals surface area contributed by atoms with Crippen LogP contribution in [0.15, 0.2) is 0 Å². The number of hydrogen-bond acceptors (Lipinski definition) is 2. The van der Waals surface area contributed by atoms with E-state index in [0.717, 1.165) is 12.4 Å². The van der Waals surface area contributed by atoms with Crippen molar-refractivity contribution in [3.63, 3.8) is 0 Å². The Labute approximate surface area is 73.1 Å². The lowest BCUT2D eigenvalue weighted by molar-refractivity contribution is 0.295. The Kier molecular flexibility index (Phi) is 6.70. The molecule has 10 heavy (non-hydrogen) atoms. The predicted molar refractivity (Wildman–Crippen MR) is 51.2 cm³/mol. The van der Waals surface area contributed by atoms with Crippen molar-refractivity contribution in [2.75, 3.05) is 31.5 Å². The Morgan fingerprint density at radius 3 is 2.60 bits per heavy atom. The van der Waals surface area contributed by atoms with E-state index in [-0.39, 0.29) is 0 Å². The van der Waals surface area contributed by atoms with E-state index in [1.54, 1.807) is 0 Å². The van der Waals surface area contributed by atoms with Gasteiger partial charge < -0.3 is 4.90 Å². The molecule has 0 aromatic heterocycles. The fourth-order valence-electron chi connectivity index (χ4n) is 0.722. The van der Waals surface area contributed by atoms with E-state index in [9.17, 15) is 0 Å². The molecule has 0 fully saturated rings. The van der Waals surface area contributed by atoms with Gasteiger partial charge >= 0.3 is 0 Å². The summed E-state index contributed by atoms with van der Waals surface area (Å²) in [5, 5.41) is 0. The van der Waals surface area contributed by atoms with Crippen molar-refractivity contribution >= 4 is 23.4 Å². The van der Waals surface area contributed by atoms with E-state index in [1.165, 1.54) is 5.75 Å². The Morgan fingerprint density at radius 1 is 1.60 bits per heavy atom. The maximum absolute atomic E-state index is 5.59. The first-order valence-corrected chi connectivity index (χ1v) is 5.40. The molecule has 0 radical (unpaired) electrons. The van der Waals surface area contributed by atoms with Gasteiger partial charge in [-0.05, 0) is 20.2 Å². The van der Waals surface area contributed by atoms with Crippen molar-refractivity contribution in [1.29, 1.82) is 0 Å². The summed E-state index contributed by atoms with van der Waals surface area (Å²) in [4.78, 5) is 2.28. The van der Waals surface area contributed by atoms with Gasteiger partial charge in [0.15, 0.2) is 0 Å². The van der Waals surface area contributed by atoms with Gasteiger partial charge in [0.05, 0.1) is 0 Å². The second-order valence-corrected chi connectivity index (χ2v) is 3.76. The van der Waals surface area contributed by atoms with Crippen LogP contribution >= 0.6 is 23.4 Å². The SMILES string of the molecule is CSCC(C)N(C)CCCl. The second kappa shape index (κ2) is 6.32. The zero-order chi connectivity index (χ0) is 7.98. The molecule has 3 heteroatoms. The zero-order valence-corrected chi connectivity index (χ0v) is 8.50. The molecular formula is C7H16ClNS. The predicted octanol–water partition coefficient (Wildman–Crippen LogP) is 1.91. The van der Waals surface area contributed by atoms with Crippen LogP contribution in [0.5, 0.6) is 0 Å². The summed E-state index contributed by atoms with van der Waals surface area (Å²) in [6, 6.07) is 0.647. The van der Waals surface area contributed by atoms with Crippen molar-refractivity contribution in [3.8, 4) is 0 Å². The molecule has 0 amide bonds. The van der Waals surface area contributed by atoms with Crippen LogP contribution in [-0.2, 0) is 0 Å². The summed E-state index contributed by atoms with van der Waals surface area (Å²) in [7, 11) is 2.11. The number of rotatable bonds is 5. The van der Waals surface area contributed by atoms with Gasteiger partial charge in [-0.3, -0.25) is 0 Å². The number of halogens is 1. The first kappa shape index (κ1) is 10.6. The monoisotopic (exact) mass is 181 g/mol. The average molecular weight is 182 g/mol. The third kappa shape index (κ3) is 4.42. The molecule has 0 aliphatic heterocycles. The number of alkyl halides is 1. The lowest BCUT2D eigenvalue weighted by Crippen LogP contribution is -2.32. The summed E-state index contributed by atoms with van der Waals surface area (Å²) < 4.78 is 0. The number of hydrogen-bond donors (Lipinski definition) is 0. The topological polar surface area (TPSA) is 3.24 Å². The van der Waals surface area contributed by atoms with Crippen LogP contribution < -0.4 is 0 Å². The highest BCUT2D eigenvalue weighted by Crippen LogP contribution is 2.02. The van der Waals surface area contributed by atoms with Crippen LogP contribution in [0.1, 0.15) is 6.92 Å². The van der Waals surface area contributed by atoms with Crippen LogP contribution in [-0.4, -0.2) is 42.4 Å². The summed E-state index contributed by atoms with van der Waals surface area (Å²) in [6.45, 7) is 3.21. The van der Waals surface area contributed by atoms with Crippen molar-refractivity contribution in [2.45, 2.75) is 13.0 Å². The van der Waals surface area contributed by atoms with E-state index in [0.29, 0.717) is 6.04 Å². The summed E-state index contributed by atoms with van der Waals surface area (Å²) in [5.41, 5.74) is 0. The molecule has 1 nitrogen and oxygen atoms in total. The summed E-state index contributed by atoms with van der Waals surface area (Å²) in [5.74, 6) is 1.92. The van der Waals surface area contributed by atoms with E-state index in [4.69, 9.17) is 11.6 Å². The fourth-order valence-corrected chi connectivity index (χ4v) is 1.73. The maximum atomic E-state index is 5.59. The fraction of sp³-hybridized carbons (Fsp3) is 1.00. The molecule has 0 spiro atoms. The van der Waals surface area contributed by atoms with Crippen LogP contribution in [0.4, 0.5) is 0 Å². The third-order valence-corrected chi connectivity index (χ3v) is 2.58. The zero-order valence-electron chi connectivity index (χ0n) is 6.93. The highest BCUT2D eigenvalue weighted by Gasteiger charge is 2.05. The smallest absolute Gasteiger partial charge is 0.0351 e. The molecule has 0 N–H and O–H groups in total. The minimum absolute atomic E-state index is 0.647. The first-order valence-electron chi connectivity index (χ1n) is 3.47. The number of thioether (sulfide) groups is 1. The van der Waals surface area contributed by atoms with Gasteiger partial charge in [-0.25, -0.2) is 0 Å². The third-order valence-electron chi connectivity index (χ3n) is 1.60. The second-order valence-electron chi connectivity index (χ2n) is 2.47. The molecule has 0 aromatic carbocycles. The van der Waals surface area contributed by atoms with Crippen LogP contribution in [0.25, 0.3) is 0 Å². The lowest BCUT2D eigenvalue weighted by Gasteiger charge is -2.22. The van der Waals surface area contributed by atoms with E-state index < -0.39 is 0 Å². The molecule has 0 heterocycles. The van der Waals surface area contributed by atoms with Crippen molar-refractivity contribution in [2.24, 2.45) is 0 Å². The van der Waals surface area contributed by atoms with Crippen molar-refractivity contribution in [3.05, 3.63) is 0 Å². The molecule has 0 aliphatic carbocycles. The van der Waals surface area contributed by atoms with Crippen molar-refractivity contribution in [1.82, 2.24) is 4.90 Å². The minimum Gasteiger partial charge on any atom is -0.302 e. The molecular weight excluding hydrogens is 166 g/mol. The quantitative estimate of drug-likeness (QED) is 0.597. The van der Waals surface area contributed by atoms with Crippen LogP contribution in [0.2, 0.25) is 0 Å². The molecule has 0 bridgehead atoms. The summed E-state index contributed by atoms with van der Waals surface area (Å²) >= 11 is 7.47. The standard InChI is InChI=1S/C7H16ClNS/c1-7(6-10-3)9(2)5-4-8/h7H,4-6H2,1-3H3. The van der Waals surface area contributed by atoms with Gasteiger partial charge in [-0.2, -0.15) is 11.8 Å². The summed E-state index contributed by atoms with van der Waals surface area (Å²) in [6.07, 6.45) is 2.13. The molecule has 0 aliphatic rings. The Morgan fingerprint density at radius 2 is 2.20 bits per heavy atom. The minimum atomic E-state index is 0.647. The number of nitrogens with zero attached hydrogens (tertiary/aromatic N) is 1. The molecule has 62 valence electrons. The normalized spacial score (nSPS) is 14.1. The van der Waals surface area contributed by atoms with E-state index in [1.807, 2.05) is 11.8 Å². The Bertz CT molecular complexity index is 70.0. The molecule has 0 saturated carbocycles. The molecule has 0 rings (SSSR count). The maximum Gasteiger partial charge on any atom is 0.0351 e. The van der Waals surface area contributed by atoms with Gasteiger partial charge in [0.25, 0.3) is 0 Å². The van der Waals surface area contributed by atoms with Gasteiger partial charge in [0.1, 0.15) is 0 Å². The lowest BCUT2D eigenvalue weighted by atomic mass is 10.3. The van der Waals surface area contributed by atoms with Gasteiger partial charge in [0.2, 0.25) is 0 Å². The largest absolute Gasteiger partial charge is 0.302 e. The molecule has 1 unspecified atom stereocenters. The Balaban J connectivity index is 3.38. The van der Waals surface area contributed by atoms with Crippen LogP contribution in [0.3, 0.4) is 0 Å². The Hall–Kier alpha value is 0.600. The molecule has 0 saturated heterocycles. The first-order chi connectivity index (χ1) is 4.72. The van der Waals surface area contributed by atoms with E-state index >= 15 is 0 Å².